The molecule has 0 unspecified atom stereocenters. The molecule has 1 aromatic heterocycles. The Hall–Kier alpha value is -1.08. The predicted octanol–water partition coefficient (Wildman–Crippen LogP) is 1.62. The van der Waals surface area contributed by atoms with Gasteiger partial charge in [-0.2, -0.15) is 4.98 Å². The van der Waals surface area contributed by atoms with Crippen molar-refractivity contribution < 1.29 is 9.47 Å². The Morgan fingerprint density at radius 2 is 2.31 bits per heavy atom. The SMILES string of the molecule is CCOC(=S)SCc1cc(OC)nc(N)n1. The van der Waals surface area contributed by atoms with Gasteiger partial charge in [0.15, 0.2) is 0 Å². The van der Waals surface area contributed by atoms with Crippen molar-refractivity contribution in [2.24, 2.45) is 0 Å². The van der Waals surface area contributed by atoms with Gasteiger partial charge >= 0.3 is 0 Å². The molecule has 5 nitrogen and oxygen atoms in total. The van der Waals surface area contributed by atoms with E-state index in [2.05, 4.69) is 9.97 Å². The minimum atomic E-state index is 0.192. The van der Waals surface area contributed by atoms with Gasteiger partial charge in [-0.05, 0) is 19.1 Å². The monoisotopic (exact) mass is 259 g/mol. The summed E-state index contributed by atoms with van der Waals surface area (Å²) in [5.74, 6) is 1.23. The fourth-order valence-electron chi connectivity index (χ4n) is 0.963. The molecule has 1 heterocycles. The number of anilines is 1. The number of rotatable bonds is 4. The zero-order chi connectivity index (χ0) is 12.0. The van der Waals surface area contributed by atoms with E-state index in [0.717, 1.165) is 5.69 Å². The van der Waals surface area contributed by atoms with E-state index in [1.54, 1.807) is 6.07 Å². The normalized spacial score (nSPS) is 9.88. The van der Waals surface area contributed by atoms with Gasteiger partial charge in [0.05, 0.1) is 19.4 Å². The number of nitrogen functional groups attached to an aromatic ring is 1. The maximum Gasteiger partial charge on any atom is 0.223 e. The molecule has 0 radical (unpaired) electrons. The summed E-state index contributed by atoms with van der Waals surface area (Å²) in [4.78, 5) is 7.95. The minimum absolute atomic E-state index is 0.192. The van der Waals surface area contributed by atoms with Gasteiger partial charge in [0.1, 0.15) is 0 Å². The quantitative estimate of drug-likeness (QED) is 0.824. The van der Waals surface area contributed by atoms with E-state index in [9.17, 15) is 0 Å². The third-order valence-electron chi connectivity index (χ3n) is 1.58. The highest BCUT2D eigenvalue weighted by molar-refractivity contribution is 8.22. The van der Waals surface area contributed by atoms with Crippen LogP contribution in [0.15, 0.2) is 6.07 Å². The van der Waals surface area contributed by atoms with E-state index in [1.165, 1.54) is 18.9 Å². The van der Waals surface area contributed by atoms with Crippen molar-refractivity contribution in [2.45, 2.75) is 12.7 Å². The Labute approximate surface area is 104 Å². The highest BCUT2D eigenvalue weighted by atomic mass is 32.2. The van der Waals surface area contributed by atoms with Gasteiger partial charge in [0, 0.05) is 11.8 Å². The molecule has 0 amide bonds. The summed E-state index contributed by atoms with van der Waals surface area (Å²) in [5.41, 5.74) is 6.29. The lowest BCUT2D eigenvalue weighted by Crippen LogP contribution is -2.02. The van der Waals surface area contributed by atoms with Crippen molar-refractivity contribution in [3.63, 3.8) is 0 Å². The molecule has 1 aromatic rings. The number of nitrogens with zero attached hydrogens (tertiary/aromatic N) is 2. The van der Waals surface area contributed by atoms with E-state index in [-0.39, 0.29) is 5.95 Å². The maximum atomic E-state index is 5.52. The number of nitrogens with two attached hydrogens (primary N) is 1. The summed E-state index contributed by atoms with van der Waals surface area (Å²) in [7, 11) is 1.53. The summed E-state index contributed by atoms with van der Waals surface area (Å²) in [6.45, 7) is 2.46. The molecule has 2 N–H and O–H groups in total. The molecule has 0 aliphatic rings. The molecule has 0 atom stereocenters. The summed E-state index contributed by atoms with van der Waals surface area (Å²) < 4.78 is 10.6. The van der Waals surface area contributed by atoms with Crippen LogP contribution in [0.1, 0.15) is 12.6 Å². The van der Waals surface area contributed by atoms with Crippen LogP contribution in [0.2, 0.25) is 0 Å². The molecule has 0 bridgehead atoms. The summed E-state index contributed by atoms with van der Waals surface area (Å²) >= 11 is 6.37. The second-order valence-electron chi connectivity index (χ2n) is 2.73. The molecule has 0 spiro atoms. The maximum absolute atomic E-state index is 5.52. The van der Waals surface area contributed by atoms with Gasteiger partial charge < -0.3 is 15.2 Å². The van der Waals surface area contributed by atoms with Crippen LogP contribution in [0.4, 0.5) is 5.95 Å². The summed E-state index contributed by atoms with van der Waals surface area (Å²) in [6, 6.07) is 1.72. The van der Waals surface area contributed by atoms with Gasteiger partial charge in [-0.25, -0.2) is 4.98 Å². The Morgan fingerprint density at radius 3 is 2.94 bits per heavy atom. The number of aromatic nitrogens is 2. The minimum Gasteiger partial charge on any atom is -0.481 e. The molecular formula is C9H13N3O2S2. The average molecular weight is 259 g/mol. The summed E-state index contributed by atoms with van der Waals surface area (Å²) in [6.07, 6.45) is 0. The largest absolute Gasteiger partial charge is 0.481 e. The topological polar surface area (TPSA) is 70.3 Å². The highest BCUT2D eigenvalue weighted by Gasteiger charge is 2.05. The molecule has 0 aliphatic heterocycles. The van der Waals surface area contributed by atoms with E-state index in [0.29, 0.717) is 22.6 Å². The van der Waals surface area contributed by atoms with Crippen molar-refractivity contribution in [3.05, 3.63) is 11.8 Å². The van der Waals surface area contributed by atoms with Crippen molar-refractivity contribution in [1.29, 1.82) is 0 Å². The van der Waals surface area contributed by atoms with Crippen LogP contribution >= 0.6 is 24.0 Å². The average Bonchev–Trinajstić information content (AvgIpc) is 2.26. The second kappa shape index (κ2) is 6.49. The van der Waals surface area contributed by atoms with Gasteiger partial charge in [0.2, 0.25) is 16.2 Å². The number of methoxy groups -OCH3 is 1. The van der Waals surface area contributed by atoms with Crippen LogP contribution in [-0.2, 0) is 10.5 Å². The van der Waals surface area contributed by atoms with E-state index >= 15 is 0 Å². The zero-order valence-corrected chi connectivity index (χ0v) is 10.7. The molecule has 0 saturated carbocycles. The van der Waals surface area contributed by atoms with Crippen LogP contribution in [0.25, 0.3) is 0 Å². The van der Waals surface area contributed by atoms with Gasteiger partial charge in [-0.15, -0.1) is 0 Å². The van der Waals surface area contributed by atoms with Crippen LogP contribution in [-0.4, -0.2) is 28.1 Å². The molecular weight excluding hydrogens is 246 g/mol. The highest BCUT2D eigenvalue weighted by Crippen LogP contribution is 2.17. The molecule has 0 fully saturated rings. The zero-order valence-electron chi connectivity index (χ0n) is 9.10. The summed E-state index contributed by atoms with van der Waals surface area (Å²) in [5, 5.41) is 0. The van der Waals surface area contributed by atoms with Gasteiger partial charge in [0.25, 0.3) is 0 Å². The molecule has 16 heavy (non-hydrogen) atoms. The fourth-order valence-corrected chi connectivity index (χ4v) is 1.87. The van der Waals surface area contributed by atoms with Crippen LogP contribution in [0.5, 0.6) is 5.88 Å². The first-order chi connectivity index (χ1) is 7.65. The van der Waals surface area contributed by atoms with Crippen molar-refractivity contribution in [2.75, 3.05) is 19.5 Å². The van der Waals surface area contributed by atoms with Crippen molar-refractivity contribution in [3.8, 4) is 5.88 Å². The van der Waals surface area contributed by atoms with E-state index in [1.807, 2.05) is 6.92 Å². The van der Waals surface area contributed by atoms with Crippen molar-refractivity contribution >= 4 is 34.3 Å². The molecule has 7 heteroatoms. The number of hydrogen-bond donors (Lipinski definition) is 1. The first-order valence-corrected chi connectivity index (χ1v) is 6.02. The van der Waals surface area contributed by atoms with Crippen molar-refractivity contribution in [1.82, 2.24) is 9.97 Å². The molecule has 0 saturated heterocycles. The molecule has 1 rings (SSSR count). The smallest absolute Gasteiger partial charge is 0.223 e. The Kier molecular flexibility index (Phi) is 5.27. The third kappa shape index (κ3) is 4.19. The number of ether oxygens (including phenoxy) is 2. The number of hydrogen-bond acceptors (Lipinski definition) is 7. The first-order valence-electron chi connectivity index (χ1n) is 4.62. The molecule has 88 valence electrons. The third-order valence-corrected chi connectivity index (χ3v) is 2.85. The number of thioether (sulfide) groups is 1. The lowest BCUT2D eigenvalue weighted by atomic mass is 10.4. The second-order valence-corrected chi connectivity index (χ2v) is 4.31. The standard InChI is InChI=1S/C9H13N3O2S2/c1-3-14-9(15)16-5-6-4-7(13-2)12-8(10)11-6/h4H,3,5H2,1-2H3,(H2,10,11,12). The molecule has 0 aromatic carbocycles. The van der Waals surface area contributed by atoms with Gasteiger partial charge in [-0.1, -0.05) is 11.8 Å². The van der Waals surface area contributed by atoms with Crippen LogP contribution in [0, 0.1) is 0 Å². The predicted molar refractivity (Wildman–Crippen MR) is 68.5 cm³/mol. The van der Waals surface area contributed by atoms with E-state index < -0.39 is 0 Å². The Balaban J connectivity index is 2.59. The lowest BCUT2D eigenvalue weighted by Gasteiger charge is -2.05. The first kappa shape index (κ1) is 13.0. The van der Waals surface area contributed by atoms with Gasteiger partial charge in [-0.3, -0.25) is 0 Å². The van der Waals surface area contributed by atoms with Crippen LogP contribution < -0.4 is 10.5 Å². The lowest BCUT2D eigenvalue weighted by molar-refractivity contribution is 0.346. The number of thiocarbonyl (C=S) groups is 1. The van der Waals surface area contributed by atoms with Crippen LogP contribution in [0.3, 0.4) is 0 Å². The van der Waals surface area contributed by atoms with E-state index in [4.69, 9.17) is 27.4 Å². The molecule has 0 aliphatic carbocycles. The fraction of sp³-hybridized carbons (Fsp3) is 0.444. The Bertz CT molecular complexity index is 374. The Morgan fingerprint density at radius 1 is 1.56 bits per heavy atom.